The van der Waals surface area contributed by atoms with Crippen LogP contribution in [0.4, 0.5) is 10.2 Å². The van der Waals surface area contributed by atoms with E-state index in [1.165, 1.54) is 13.2 Å². The predicted octanol–water partition coefficient (Wildman–Crippen LogP) is 2.13. The Balaban J connectivity index is 1.72. The number of fused-ring (bicyclic) bond motifs is 1. The second-order valence-corrected chi connectivity index (χ2v) is 6.45. The Morgan fingerprint density at radius 1 is 1.23 bits per heavy atom. The summed E-state index contributed by atoms with van der Waals surface area (Å²) in [4.78, 5) is 6.62. The van der Waals surface area contributed by atoms with Gasteiger partial charge in [0.05, 0.1) is 24.8 Å². The Kier molecular flexibility index (Phi) is 4.20. The number of aryl methyl sites for hydroxylation is 1. The summed E-state index contributed by atoms with van der Waals surface area (Å²) in [6.45, 7) is 1.33. The maximum atomic E-state index is 14.3. The number of benzene rings is 1. The van der Waals surface area contributed by atoms with Crippen LogP contribution in [0.15, 0.2) is 30.6 Å². The van der Waals surface area contributed by atoms with Crippen LogP contribution in [0.2, 0.25) is 0 Å². The van der Waals surface area contributed by atoms with Gasteiger partial charge in [0.15, 0.2) is 11.6 Å². The molecule has 0 saturated carbocycles. The third kappa shape index (κ3) is 2.76. The van der Waals surface area contributed by atoms with E-state index < -0.39 is 5.82 Å². The molecule has 1 aromatic carbocycles. The summed E-state index contributed by atoms with van der Waals surface area (Å²) >= 11 is 0. The number of ether oxygens (including phenoxy) is 2. The van der Waals surface area contributed by atoms with E-state index in [2.05, 4.69) is 20.2 Å². The molecule has 2 atom stereocenters. The maximum absolute atomic E-state index is 14.3. The molecule has 1 fully saturated rings. The minimum atomic E-state index is -0.401. The molecule has 2 aromatic heterocycles. The molecule has 1 aliphatic rings. The summed E-state index contributed by atoms with van der Waals surface area (Å²) in [7, 11) is 4.99. The molecular weight excluding hydrogens is 337 g/mol. The van der Waals surface area contributed by atoms with Crippen molar-refractivity contribution in [1.29, 1.82) is 0 Å². The van der Waals surface area contributed by atoms with E-state index in [0.717, 1.165) is 22.3 Å². The summed E-state index contributed by atoms with van der Waals surface area (Å²) in [5, 5.41) is 9.88. The molecule has 0 unspecified atom stereocenters. The highest BCUT2D eigenvalue weighted by molar-refractivity contribution is 5.93. The standard InChI is InChI=1S/C18H20FN5O2/c1-23-9-15(21-22-23)13-8-24(10-17(13)26-3)18-12-7-14(19)16(25-2)6-11(12)4-5-20-18/h4-7,9,13,17H,8,10H2,1-3H3/t13-,17+/m0/s1. The van der Waals surface area contributed by atoms with Crippen LogP contribution in [0.1, 0.15) is 11.6 Å². The molecule has 136 valence electrons. The molecule has 0 amide bonds. The maximum Gasteiger partial charge on any atom is 0.165 e. The summed E-state index contributed by atoms with van der Waals surface area (Å²) in [5.41, 5.74) is 0.884. The number of anilines is 1. The van der Waals surface area contributed by atoms with Crippen LogP contribution in [0, 0.1) is 5.82 Å². The van der Waals surface area contributed by atoms with Gasteiger partial charge in [0.25, 0.3) is 0 Å². The molecule has 0 bridgehead atoms. The van der Waals surface area contributed by atoms with Crippen molar-refractivity contribution in [2.45, 2.75) is 12.0 Å². The number of rotatable bonds is 4. The third-order valence-electron chi connectivity index (χ3n) is 4.88. The zero-order valence-corrected chi connectivity index (χ0v) is 14.9. The van der Waals surface area contributed by atoms with Crippen molar-refractivity contribution in [3.8, 4) is 5.75 Å². The van der Waals surface area contributed by atoms with E-state index in [9.17, 15) is 4.39 Å². The van der Waals surface area contributed by atoms with Gasteiger partial charge in [0.2, 0.25) is 0 Å². The number of aromatic nitrogens is 4. The van der Waals surface area contributed by atoms with Crippen molar-refractivity contribution in [3.63, 3.8) is 0 Å². The van der Waals surface area contributed by atoms with E-state index in [-0.39, 0.29) is 17.8 Å². The number of methoxy groups -OCH3 is 2. The van der Waals surface area contributed by atoms with Crippen LogP contribution >= 0.6 is 0 Å². The van der Waals surface area contributed by atoms with Crippen molar-refractivity contribution in [1.82, 2.24) is 20.0 Å². The number of halogens is 1. The summed E-state index contributed by atoms with van der Waals surface area (Å²) in [6, 6.07) is 5.03. The Hall–Kier alpha value is -2.74. The average molecular weight is 357 g/mol. The van der Waals surface area contributed by atoms with Crippen molar-refractivity contribution in [3.05, 3.63) is 42.1 Å². The molecule has 7 nitrogen and oxygen atoms in total. The van der Waals surface area contributed by atoms with E-state index in [0.29, 0.717) is 13.1 Å². The van der Waals surface area contributed by atoms with Crippen molar-refractivity contribution >= 4 is 16.6 Å². The molecule has 26 heavy (non-hydrogen) atoms. The highest BCUT2D eigenvalue weighted by atomic mass is 19.1. The zero-order valence-electron chi connectivity index (χ0n) is 14.9. The van der Waals surface area contributed by atoms with Gasteiger partial charge in [-0.15, -0.1) is 5.10 Å². The number of hydrogen-bond acceptors (Lipinski definition) is 6. The van der Waals surface area contributed by atoms with Gasteiger partial charge >= 0.3 is 0 Å². The van der Waals surface area contributed by atoms with Crippen molar-refractivity contribution in [2.24, 2.45) is 7.05 Å². The van der Waals surface area contributed by atoms with Crippen LogP contribution in [0.3, 0.4) is 0 Å². The van der Waals surface area contributed by atoms with Crippen LogP contribution in [-0.2, 0) is 11.8 Å². The van der Waals surface area contributed by atoms with Gasteiger partial charge in [-0.3, -0.25) is 4.68 Å². The normalized spacial score (nSPS) is 20.1. The first-order chi connectivity index (χ1) is 12.6. The Bertz CT molecular complexity index is 944. The lowest BCUT2D eigenvalue weighted by Crippen LogP contribution is -2.23. The highest BCUT2D eigenvalue weighted by Crippen LogP contribution is 2.35. The molecule has 1 aliphatic heterocycles. The fourth-order valence-electron chi connectivity index (χ4n) is 3.57. The molecule has 1 saturated heterocycles. The molecule has 3 heterocycles. The molecule has 8 heteroatoms. The fourth-order valence-corrected chi connectivity index (χ4v) is 3.57. The quantitative estimate of drug-likeness (QED) is 0.713. The van der Waals surface area contributed by atoms with Gasteiger partial charge in [-0.1, -0.05) is 5.21 Å². The molecule has 0 radical (unpaired) electrons. The molecule has 0 aliphatic carbocycles. The zero-order chi connectivity index (χ0) is 18.3. The summed E-state index contributed by atoms with van der Waals surface area (Å²) < 4.78 is 26.7. The first-order valence-electron chi connectivity index (χ1n) is 8.37. The smallest absolute Gasteiger partial charge is 0.165 e. The van der Waals surface area contributed by atoms with Gasteiger partial charge in [-0.25, -0.2) is 9.37 Å². The summed E-state index contributed by atoms with van der Waals surface area (Å²) in [5.74, 6) is 0.636. The molecular formula is C18H20FN5O2. The van der Waals surface area contributed by atoms with E-state index >= 15 is 0 Å². The molecule has 3 aromatic rings. The fraction of sp³-hybridized carbons (Fsp3) is 0.389. The van der Waals surface area contributed by atoms with Crippen LogP contribution < -0.4 is 9.64 Å². The van der Waals surface area contributed by atoms with Gasteiger partial charge in [0, 0.05) is 45.0 Å². The van der Waals surface area contributed by atoms with E-state index in [1.807, 2.05) is 19.3 Å². The SMILES string of the molecule is COc1cc2ccnc(N3C[C@@H](OC)[C@H](c4cn(C)nn4)C3)c2cc1F. The monoisotopic (exact) mass is 357 g/mol. The minimum absolute atomic E-state index is 0.0353. The highest BCUT2D eigenvalue weighted by Gasteiger charge is 2.37. The number of hydrogen-bond donors (Lipinski definition) is 0. The van der Waals surface area contributed by atoms with Crippen LogP contribution in [0.25, 0.3) is 10.8 Å². The topological polar surface area (TPSA) is 65.3 Å². The summed E-state index contributed by atoms with van der Waals surface area (Å²) in [6.07, 6.45) is 3.60. The van der Waals surface area contributed by atoms with Gasteiger partial charge in [-0.05, 0) is 23.6 Å². The first-order valence-corrected chi connectivity index (χ1v) is 8.37. The third-order valence-corrected chi connectivity index (χ3v) is 4.88. The predicted molar refractivity (Wildman–Crippen MR) is 95.0 cm³/mol. The Labute approximate surface area is 150 Å². The van der Waals surface area contributed by atoms with Crippen molar-refractivity contribution in [2.75, 3.05) is 32.2 Å². The lowest BCUT2D eigenvalue weighted by atomic mass is 10.0. The molecule has 4 rings (SSSR count). The van der Waals surface area contributed by atoms with E-state index in [1.54, 1.807) is 24.1 Å². The number of pyridine rings is 1. The minimum Gasteiger partial charge on any atom is -0.494 e. The van der Waals surface area contributed by atoms with Gasteiger partial charge < -0.3 is 14.4 Å². The number of nitrogens with zero attached hydrogens (tertiary/aromatic N) is 5. The van der Waals surface area contributed by atoms with E-state index in [4.69, 9.17) is 9.47 Å². The van der Waals surface area contributed by atoms with Crippen LogP contribution in [-0.4, -0.2) is 53.4 Å². The van der Waals surface area contributed by atoms with Gasteiger partial charge in [0.1, 0.15) is 5.82 Å². The first kappa shape index (κ1) is 16.7. The second-order valence-electron chi connectivity index (χ2n) is 6.45. The molecule has 0 N–H and O–H groups in total. The average Bonchev–Trinajstić information content (AvgIpc) is 3.26. The molecule has 0 spiro atoms. The Morgan fingerprint density at radius 3 is 2.77 bits per heavy atom. The lowest BCUT2D eigenvalue weighted by molar-refractivity contribution is 0.105. The van der Waals surface area contributed by atoms with Crippen molar-refractivity contribution < 1.29 is 13.9 Å². The largest absolute Gasteiger partial charge is 0.494 e. The van der Waals surface area contributed by atoms with Gasteiger partial charge in [-0.2, -0.15) is 0 Å². The second kappa shape index (κ2) is 6.53. The Morgan fingerprint density at radius 2 is 2.08 bits per heavy atom. The van der Waals surface area contributed by atoms with Crippen LogP contribution in [0.5, 0.6) is 5.75 Å². The lowest BCUT2D eigenvalue weighted by Gasteiger charge is -2.19.